The summed E-state index contributed by atoms with van der Waals surface area (Å²) in [4.78, 5) is 23.7. The van der Waals surface area contributed by atoms with E-state index in [9.17, 15) is 19.8 Å². The molecule has 0 spiro atoms. The lowest BCUT2D eigenvalue weighted by atomic mass is 10.3. The maximum Gasteiger partial charge on any atom is 0.426 e. The molecule has 2 aromatic carbocycles. The Kier molecular flexibility index (Phi) is 5.77. The van der Waals surface area contributed by atoms with Gasteiger partial charge in [0.05, 0.1) is 31.4 Å². The van der Waals surface area contributed by atoms with Crippen molar-refractivity contribution >= 4 is 35.3 Å². The van der Waals surface area contributed by atoms with Crippen molar-refractivity contribution in [1.29, 1.82) is 0 Å². The van der Waals surface area contributed by atoms with E-state index in [4.69, 9.17) is 11.8 Å². The van der Waals surface area contributed by atoms with E-state index in [1.807, 2.05) is 0 Å². The van der Waals surface area contributed by atoms with Gasteiger partial charge in [-0.15, -0.1) is 0 Å². The molecule has 27 heavy (non-hydrogen) atoms. The average molecular weight is 392 g/mol. The van der Waals surface area contributed by atoms with E-state index >= 15 is 0 Å². The summed E-state index contributed by atoms with van der Waals surface area (Å²) in [6.07, 6.45) is -2.40. The van der Waals surface area contributed by atoms with Crippen LogP contribution in [0.4, 0.5) is 21.0 Å². The van der Waals surface area contributed by atoms with Crippen LogP contribution in [0.15, 0.2) is 60.7 Å². The molecule has 1 aliphatic rings. The lowest BCUT2D eigenvalue weighted by Crippen LogP contribution is -2.64. The topological polar surface area (TPSA) is 90.8 Å². The van der Waals surface area contributed by atoms with Gasteiger partial charge in [0.1, 0.15) is 0 Å². The van der Waals surface area contributed by atoms with E-state index in [0.29, 0.717) is 11.4 Å². The Morgan fingerprint density at radius 2 is 1.11 bits per heavy atom. The van der Waals surface area contributed by atoms with Crippen LogP contribution in [0.25, 0.3) is 0 Å². The number of halogens is 1. The predicted molar refractivity (Wildman–Crippen MR) is 99.9 cm³/mol. The zero-order chi connectivity index (χ0) is 19.4. The number of hydrogen-bond acceptors (Lipinski definition) is 5. The number of amides is 2. The Hall–Kier alpha value is -2.85. The first-order valence-corrected chi connectivity index (χ1v) is 8.38. The molecule has 2 aromatic rings. The summed E-state index contributed by atoms with van der Waals surface area (Å²) < 4.78 is 1.31. The third-order valence-electron chi connectivity index (χ3n) is 3.89. The van der Waals surface area contributed by atoms with Gasteiger partial charge in [0.25, 0.3) is 0 Å². The Morgan fingerprint density at radius 1 is 0.741 bits per heavy atom. The van der Waals surface area contributed by atoms with Crippen LogP contribution in [0.5, 0.6) is 0 Å². The van der Waals surface area contributed by atoms with Crippen LogP contribution in [-0.4, -0.2) is 56.8 Å². The van der Waals surface area contributed by atoms with Gasteiger partial charge < -0.3 is 10.2 Å². The molecular weight excluding hydrogens is 374 g/mol. The predicted octanol–water partition coefficient (Wildman–Crippen LogP) is 3.13. The van der Waals surface area contributed by atoms with Gasteiger partial charge in [0.15, 0.2) is 0 Å². The highest BCUT2D eigenvalue weighted by molar-refractivity contribution is 6.13. The van der Waals surface area contributed by atoms with E-state index in [0.717, 1.165) is 10.0 Å². The van der Waals surface area contributed by atoms with Crippen molar-refractivity contribution in [2.24, 2.45) is 0 Å². The molecule has 1 heterocycles. The molecule has 0 aliphatic carbocycles. The Morgan fingerprint density at radius 3 is 1.44 bits per heavy atom. The molecule has 0 aromatic heterocycles. The minimum Gasteiger partial charge on any atom is -0.464 e. The smallest absolute Gasteiger partial charge is 0.426 e. The van der Waals surface area contributed by atoms with Gasteiger partial charge in [-0.05, 0) is 36.0 Å². The van der Waals surface area contributed by atoms with Crippen LogP contribution in [-0.2, 0) is 0 Å². The van der Waals surface area contributed by atoms with Crippen LogP contribution >= 0.6 is 11.8 Å². The van der Waals surface area contributed by atoms with Crippen LogP contribution in [0.1, 0.15) is 0 Å². The summed E-state index contributed by atoms with van der Waals surface area (Å²) in [7, 11) is 0. The molecule has 2 N–H and O–H groups in total. The molecule has 0 atom stereocenters. The first-order chi connectivity index (χ1) is 13.0. The normalized spacial score (nSPS) is 16.0. The number of carbonyl (C=O) groups is 2. The first-order valence-electron chi connectivity index (χ1n) is 8.04. The molecule has 9 nitrogen and oxygen atoms in total. The highest BCUT2D eigenvalue weighted by Crippen LogP contribution is 2.24. The monoisotopic (exact) mass is 391 g/mol. The first kappa shape index (κ1) is 18.9. The number of para-hydroxylation sites is 2. The maximum absolute atomic E-state index is 11.9. The fourth-order valence-corrected chi connectivity index (χ4v) is 3.10. The second-order valence-corrected chi connectivity index (χ2v) is 6.24. The van der Waals surface area contributed by atoms with Crippen molar-refractivity contribution < 1.29 is 19.8 Å². The van der Waals surface area contributed by atoms with E-state index in [1.165, 1.54) is 14.4 Å². The SMILES string of the molecule is O=C(O)N(c1ccccc1)N1CN(Cl)CN(N(C(=O)O)c2ccccc2)C1. The Balaban J connectivity index is 1.90. The Bertz CT molecular complexity index is 729. The molecule has 2 amide bonds. The summed E-state index contributed by atoms with van der Waals surface area (Å²) in [5.74, 6) is 0. The molecule has 0 bridgehead atoms. The summed E-state index contributed by atoms with van der Waals surface area (Å²) in [5, 5.41) is 24.4. The van der Waals surface area contributed by atoms with Crippen molar-refractivity contribution in [2.75, 3.05) is 30.0 Å². The number of anilines is 2. The van der Waals surface area contributed by atoms with Gasteiger partial charge in [-0.3, -0.25) is 0 Å². The summed E-state index contributed by atoms with van der Waals surface area (Å²) in [6.45, 7) is 0.203. The number of hydrogen-bond donors (Lipinski definition) is 2. The zero-order valence-electron chi connectivity index (χ0n) is 14.2. The van der Waals surface area contributed by atoms with E-state index < -0.39 is 12.2 Å². The third-order valence-corrected chi connectivity index (χ3v) is 4.10. The van der Waals surface area contributed by atoms with Crippen LogP contribution in [0.3, 0.4) is 0 Å². The fraction of sp³-hybridized carbons (Fsp3) is 0.176. The molecule has 0 saturated carbocycles. The number of rotatable bonds is 4. The zero-order valence-corrected chi connectivity index (χ0v) is 15.0. The van der Waals surface area contributed by atoms with Crippen LogP contribution in [0.2, 0.25) is 0 Å². The highest BCUT2D eigenvalue weighted by Gasteiger charge is 2.35. The lowest BCUT2D eigenvalue weighted by molar-refractivity contribution is 0.00258. The largest absolute Gasteiger partial charge is 0.464 e. The molecule has 1 fully saturated rings. The third kappa shape index (κ3) is 4.29. The minimum atomic E-state index is -1.20. The average Bonchev–Trinajstić information content (AvgIpc) is 2.63. The number of nitrogens with zero attached hydrogens (tertiary/aromatic N) is 5. The fourth-order valence-electron chi connectivity index (χ4n) is 2.86. The molecule has 10 heteroatoms. The second-order valence-electron chi connectivity index (χ2n) is 5.76. The summed E-state index contributed by atoms with van der Waals surface area (Å²) >= 11 is 6.19. The van der Waals surface area contributed by atoms with Gasteiger partial charge in [-0.25, -0.2) is 19.6 Å². The molecule has 1 aliphatic heterocycles. The molecule has 1 saturated heterocycles. The van der Waals surface area contributed by atoms with Gasteiger partial charge in [0.2, 0.25) is 0 Å². The second kappa shape index (κ2) is 8.23. The lowest BCUT2D eigenvalue weighted by Gasteiger charge is -2.45. The van der Waals surface area contributed by atoms with E-state index in [-0.39, 0.29) is 20.0 Å². The van der Waals surface area contributed by atoms with Crippen molar-refractivity contribution in [2.45, 2.75) is 0 Å². The van der Waals surface area contributed by atoms with Crippen LogP contribution < -0.4 is 10.0 Å². The quantitative estimate of drug-likeness (QED) is 0.773. The molecule has 0 unspecified atom stereocenters. The highest BCUT2D eigenvalue weighted by atomic mass is 35.5. The minimum absolute atomic E-state index is 0.00556. The molecule has 3 rings (SSSR count). The standard InChI is InChI=1S/C17H18ClN5O4/c18-19-11-20(22(16(24)25)14-7-3-1-4-8-14)13-21(12-19)23(17(26)27)15-9-5-2-6-10-15/h1-10H,11-13H2,(H,24,25)(H,26,27). The van der Waals surface area contributed by atoms with Gasteiger partial charge in [-0.2, -0.15) is 14.4 Å². The van der Waals surface area contributed by atoms with Gasteiger partial charge >= 0.3 is 12.2 Å². The van der Waals surface area contributed by atoms with Crippen molar-refractivity contribution in [3.05, 3.63) is 60.7 Å². The Labute approximate surface area is 160 Å². The molecule has 142 valence electrons. The van der Waals surface area contributed by atoms with Crippen molar-refractivity contribution in [3.63, 3.8) is 0 Å². The van der Waals surface area contributed by atoms with E-state index in [2.05, 4.69) is 0 Å². The van der Waals surface area contributed by atoms with E-state index in [1.54, 1.807) is 60.7 Å². The number of benzene rings is 2. The summed E-state index contributed by atoms with van der Waals surface area (Å²) in [6, 6.07) is 17.0. The maximum atomic E-state index is 11.9. The van der Waals surface area contributed by atoms with Crippen LogP contribution in [0, 0.1) is 0 Å². The number of hydrazine groups is 2. The number of carboxylic acid groups (broad SMARTS) is 2. The van der Waals surface area contributed by atoms with Gasteiger partial charge in [0, 0.05) is 0 Å². The van der Waals surface area contributed by atoms with Crippen molar-refractivity contribution in [1.82, 2.24) is 14.4 Å². The van der Waals surface area contributed by atoms with Crippen molar-refractivity contribution in [3.8, 4) is 0 Å². The molecular formula is C17H18ClN5O4. The molecule has 0 radical (unpaired) electrons. The van der Waals surface area contributed by atoms with Gasteiger partial charge in [-0.1, -0.05) is 36.4 Å². The summed E-state index contributed by atoms with van der Waals surface area (Å²) in [5.41, 5.74) is 0.858.